The number of aliphatic hydroxyl groups is 7. The molecule has 2 saturated heterocycles. The minimum absolute atomic E-state index is 1.12. The number of hydrogen-bond donors (Lipinski definition) is 7. The molecule has 2 aliphatic heterocycles. The molecule has 2 bridgehead atoms. The fraction of sp³-hybridized carbons (Fsp3) is 0.750. The van der Waals surface area contributed by atoms with Crippen LogP contribution in [0.1, 0.15) is 12.8 Å². The van der Waals surface area contributed by atoms with Gasteiger partial charge in [0.2, 0.25) is 0 Å². The first kappa shape index (κ1) is 19.5. The maximum atomic E-state index is 11.9. The quantitative estimate of drug-likeness (QED) is 0.230. The molecule has 6 atom stereocenters. The molecule has 0 aromatic rings. The van der Waals surface area contributed by atoms with Crippen LogP contribution >= 0.6 is 0 Å². The molecule has 0 spiro atoms. The Morgan fingerprint density at radius 1 is 0.920 bits per heavy atom. The molecule has 7 N–H and O–H groups in total. The lowest BCUT2D eigenvalue weighted by Gasteiger charge is -2.43. The Morgan fingerprint density at radius 2 is 1.44 bits per heavy atom. The molecule has 0 saturated carbocycles. The Bertz CT molecular complexity index is 592. The molecular weight excluding hydrogens is 352 g/mol. The summed E-state index contributed by atoms with van der Waals surface area (Å²) in [6, 6.07) is 0. The molecule has 0 aromatic heterocycles. The van der Waals surface area contributed by atoms with E-state index in [2.05, 4.69) is 14.2 Å². The fourth-order valence-electron chi connectivity index (χ4n) is 2.33. The number of cyclic esters (lactones) is 1. The summed E-state index contributed by atoms with van der Waals surface area (Å²) < 4.78 is 13.0. The highest BCUT2D eigenvalue weighted by molar-refractivity contribution is 5.92. The first-order valence-electron chi connectivity index (χ1n) is 6.88. The zero-order valence-corrected chi connectivity index (χ0v) is 12.4. The van der Waals surface area contributed by atoms with E-state index < -0.39 is 73.0 Å². The van der Waals surface area contributed by atoms with Crippen molar-refractivity contribution < 1.29 is 64.3 Å². The summed E-state index contributed by atoms with van der Waals surface area (Å²) >= 11 is 0. The van der Waals surface area contributed by atoms with Crippen molar-refractivity contribution in [1.82, 2.24) is 0 Å². The van der Waals surface area contributed by atoms with E-state index in [0.717, 1.165) is 0 Å². The summed E-state index contributed by atoms with van der Waals surface area (Å²) in [7, 11) is 0. The van der Waals surface area contributed by atoms with Gasteiger partial charge in [-0.15, -0.1) is 0 Å². The van der Waals surface area contributed by atoms with Gasteiger partial charge in [-0.2, -0.15) is 0 Å². The van der Waals surface area contributed by atoms with Crippen LogP contribution in [-0.2, 0) is 28.6 Å². The van der Waals surface area contributed by atoms with Gasteiger partial charge in [-0.25, -0.2) is 4.79 Å². The van der Waals surface area contributed by atoms with Crippen LogP contribution in [0.3, 0.4) is 0 Å². The Labute approximate surface area is 138 Å². The molecule has 0 amide bonds. The number of carbonyl (C=O) groups excluding carboxylic acids is 3. The molecule has 2 unspecified atom stereocenters. The molecule has 25 heavy (non-hydrogen) atoms. The Kier molecular flexibility index (Phi) is 4.77. The van der Waals surface area contributed by atoms with Gasteiger partial charge < -0.3 is 50.0 Å². The van der Waals surface area contributed by atoms with Gasteiger partial charge >= 0.3 is 29.7 Å². The average molecular weight is 368 g/mol. The van der Waals surface area contributed by atoms with Crippen LogP contribution in [0, 0.1) is 0 Å². The van der Waals surface area contributed by atoms with Crippen molar-refractivity contribution in [2.75, 3.05) is 6.61 Å². The number of fused-ring (bicyclic) bond motifs is 3. The van der Waals surface area contributed by atoms with Crippen LogP contribution in [0.2, 0.25) is 0 Å². The Balaban J connectivity index is 2.55. The minimum Gasteiger partial charge on any atom is -0.419 e. The van der Waals surface area contributed by atoms with E-state index in [1.807, 2.05) is 0 Å². The second-order valence-corrected chi connectivity index (χ2v) is 5.69. The van der Waals surface area contributed by atoms with Gasteiger partial charge in [-0.1, -0.05) is 0 Å². The predicted molar refractivity (Wildman–Crippen MR) is 67.5 cm³/mol. The monoisotopic (exact) mass is 368 g/mol. The van der Waals surface area contributed by atoms with Crippen LogP contribution in [0.25, 0.3) is 0 Å². The van der Waals surface area contributed by atoms with Crippen molar-refractivity contribution in [3.05, 3.63) is 0 Å². The molecule has 0 radical (unpaired) electrons. The Hall–Kier alpha value is -1.87. The third kappa shape index (κ3) is 3.06. The lowest BCUT2D eigenvalue weighted by Crippen LogP contribution is -2.71. The summed E-state index contributed by atoms with van der Waals surface area (Å²) in [5.74, 6) is -12.5. The SMILES string of the molecule is O=C1CC2(O)CC(=O)O[C@](O)([C@H](O)[C@H](O)[C@H](O)CO)C(O)(O1)OC2=O. The van der Waals surface area contributed by atoms with E-state index in [-0.39, 0.29) is 0 Å². The van der Waals surface area contributed by atoms with Gasteiger partial charge in [0.1, 0.15) is 12.2 Å². The summed E-state index contributed by atoms with van der Waals surface area (Å²) in [6.45, 7) is -1.12. The molecule has 0 aromatic carbocycles. The summed E-state index contributed by atoms with van der Waals surface area (Å²) in [4.78, 5) is 35.4. The maximum Gasteiger partial charge on any atom is 0.446 e. The van der Waals surface area contributed by atoms with Gasteiger partial charge in [0.15, 0.2) is 11.7 Å². The normalized spacial score (nSPS) is 39.2. The molecule has 13 heteroatoms. The first-order valence-corrected chi connectivity index (χ1v) is 6.88. The van der Waals surface area contributed by atoms with Crippen molar-refractivity contribution in [3.8, 4) is 0 Å². The summed E-state index contributed by atoms with van der Waals surface area (Å²) in [5, 5.41) is 68.4. The first-order chi connectivity index (χ1) is 11.4. The number of ether oxygens (including phenoxy) is 3. The van der Waals surface area contributed by atoms with Gasteiger partial charge in [0.25, 0.3) is 0 Å². The lowest BCUT2D eigenvalue weighted by molar-refractivity contribution is -0.466. The largest absolute Gasteiger partial charge is 0.446 e. The molecule has 2 rings (SSSR count). The van der Waals surface area contributed by atoms with E-state index >= 15 is 0 Å². The van der Waals surface area contributed by atoms with Crippen LogP contribution in [0.15, 0.2) is 0 Å². The molecule has 2 fully saturated rings. The average Bonchev–Trinajstić information content (AvgIpc) is 2.56. The van der Waals surface area contributed by atoms with E-state index in [4.69, 9.17) is 5.11 Å². The van der Waals surface area contributed by atoms with Gasteiger partial charge in [0, 0.05) is 0 Å². The fourth-order valence-corrected chi connectivity index (χ4v) is 2.33. The van der Waals surface area contributed by atoms with Crippen molar-refractivity contribution in [3.63, 3.8) is 0 Å². The predicted octanol–water partition coefficient (Wildman–Crippen LogP) is -5.44. The smallest absolute Gasteiger partial charge is 0.419 e. The van der Waals surface area contributed by atoms with Crippen LogP contribution in [0.4, 0.5) is 0 Å². The lowest BCUT2D eigenvalue weighted by atomic mass is 9.94. The van der Waals surface area contributed by atoms with E-state index in [1.165, 1.54) is 0 Å². The van der Waals surface area contributed by atoms with E-state index in [0.29, 0.717) is 0 Å². The zero-order valence-electron chi connectivity index (χ0n) is 12.4. The third-order valence-corrected chi connectivity index (χ3v) is 3.76. The minimum atomic E-state index is -3.86. The molecule has 2 heterocycles. The second-order valence-electron chi connectivity index (χ2n) is 5.69. The molecular formula is C12H16O13. The number of aliphatic hydroxyl groups excluding tert-OH is 4. The third-order valence-electron chi connectivity index (χ3n) is 3.76. The highest BCUT2D eigenvalue weighted by atomic mass is 16.9. The number of rotatable bonds is 4. The Morgan fingerprint density at radius 3 is 1.96 bits per heavy atom. The summed E-state index contributed by atoms with van der Waals surface area (Å²) in [6.07, 6.45) is -9.73. The van der Waals surface area contributed by atoms with Crippen LogP contribution < -0.4 is 0 Å². The number of hydrogen-bond acceptors (Lipinski definition) is 13. The molecule has 142 valence electrons. The van der Waals surface area contributed by atoms with Crippen LogP contribution in [0.5, 0.6) is 0 Å². The highest BCUT2D eigenvalue weighted by Gasteiger charge is 2.71. The van der Waals surface area contributed by atoms with E-state index in [1.54, 1.807) is 0 Å². The maximum absolute atomic E-state index is 11.9. The second kappa shape index (κ2) is 6.14. The van der Waals surface area contributed by atoms with Crippen molar-refractivity contribution in [2.45, 2.75) is 48.5 Å². The number of carbonyl (C=O) groups is 3. The van der Waals surface area contributed by atoms with Crippen molar-refractivity contribution in [1.29, 1.82) is 0 Å². The van der Waals surface area contributed by atoms with Crippen molar-refractivity contribution >= 4 is 17.9 Å². The van der Waals surface area contributed by atoms with Gasteiger partial charge in [0.05, 0.1) is 19.4 Å². The summed E-state index contributed by atoms with van der Waals surface area (Å²) in [5.41, 5.74) is -2.76. The highest BCUT2D eigenvalue weighted by Crippen LogP contribution is 2.40. The van der Waals surface area contributed by atoms with Crippen molar-refractivity contribution in [2.24, 2.45) is 0 Å². The zero-order chi connectivity index (χ0) is 19.2. The standard InChI is InChI=1S/C12H16O13/c13-3-4(14)7(17)8(18)11(21)12(22)24-6(16)2-10(20,9(19)25-12)1-5(15)23-11/h4,7-8,13-14,17-18,20-22H,1-3H2/t4-,7-,8-,10?,11-,12?/m1/s1. The number of esters is 3. The molecule has 13 nitrogen and oxygen atoms in total. The van der Waals surface area contributed by atoms with E-state index in [9.17, 15) is 45.0 Å². The van der Waals surface area contributed by atoms with Crippen LogP contribution in [-0.4, -0.2) is 95.9 Å². The van der Waals surface area contributed by atoms with Gasteiger partial charge in [-0.05, 0) is 0 Å². The molecule has 2 aliphatic rings. The molecule has 0 aliphatic carbocycles. The topological polar surface area (TPSA) is 221 Å². The van der Waals surface area contributed by atoms with Gasteiger partial charge in [-0.3, -0.25) is 9.59 Å².